The average Bonchev–Trinajstić information content (AvgIpc) is 3.54. The number of nitrogen functional groups attached to an aromatic ring is 1. The first-order valence-electron chi connectivity index (χ1n) is 12.3. The number of nitrogens with zero attached hydrogens (tertiary/aromatic N) is 6. The lowest BCUT2D eigenvalue weighted by Gasteiger charge is -2.50. The maximum Gasteiger partial charge on any atom is 0.278 e. The van der Waals surface area contributed by atoms with Crippen molar-refractivity contribution in [1.82, 2.24) is 29.5 Å². The van der Waals surface area contributed by atoms with Crippen LogP contribution in [0.25, 0.3) is 11.0 Å². The highest BCUT2D eigenvalue weighted by atomic mass is 32.2. The zero-order chi connectivity index (χ0) is 29.3. The quantitative estimate of drug-likeness (QED) is 0.0904. The molecular formula is C23H24N10O6S2. The molecule has 2 aliphatic rings. The number of H-pyrrole nitrogens is 1. The number of carbonyl (C=O) groups is 4. The van der Waals surface area contributed by atoms with Gasteiger partial charge in [-0.3, -0.25) is 24.6 Å². The number of carbonyl (C=O) groups excluding carboxylic acids is 4. The molecule has 214 valence electrons. The fraction of sp³-hybridized carbons (Fsp3) is 0.348. The van der Waals surface area contributed by atoms with Crippen molar-refractivity contribution in [2.24, 2.45) is 5.16 Å². The van der Waals surface area contributed by atoms with E-state index in [2.05, 4.69) is 35.1 Å². The number of β-lactam (4-membered cyclic amide) rings is 1. The maximum atomic E-state index is 13.1. The lowest BCUT2D eigenvalue weighted by molar-refractivity contribution is -0.687. The van der Waals surface area contributed by atoms with E-state index in [9.17, 15) is 24.3 Å². The minimum Gasteiger partial charge on any atom is -0.543 e. The molecule has 5 rings (SSSR count). The van der Waals surface area contributed by atoms with E-state index in [-0.39, 0.29) is 40.6 Å². The highest BCUT2D eigenvalue weighted by molar-refractivity contribution is 8.00. The van der Waals surface area contributed by atoms with Crippen LogP contribution < -0.4 is 26.0 Å². The topological polar surface area (TPSA) is 225 Å². The van der Waals surface area contributed by atoms with Crippen molar-refractivity contribution >= 4 is 74.8 Å². The monoisotopic (exact) mass is 600 g/mol. The summed E-state index contributed by atoms with van der Waals surface area (Å²) in [7, 11) is 1.24. The number of imidazole rings is 1. The molecule has 2 aliphatic heterocycles. The number of fused-ring (bicyclic) bond motifs is 2. The molecule has 5 N–H and O–H groups in total. The number of thioether (sulfide) groups is 1. The van der Waals surface area contributed by atoms with Crippen molar-refractivity contribution in [3.63, 3.8) is 0 Å². The second-order valence-corrected chi connectivity index (χ2v) is 10.9. The number of nitrogens with two attached hydrogens (primary N) is 1. The van der Waals surface area contributed by atoms with E-state index in [0.29, 0.717) is 35.4 Å². The Kier molecular flexibility index (Phi) is 7.84. The first-order valence-corrected chi connectivity index (χ1v) is 14.1. The van der Waals surface area contributed by atoms with Gasteiger partial charge in [-0.15, -0.1) is 11.8 Å². The van der Waals surface area contributed by atoms with Gasteiger partial charge in [0.05, 0.1) is 11.7 Å². The van der Waals surface area contributed by atoms with Crippen LogP contribution in [-0.4, -0.2) is 77.9 Å². The first kappa shape index (κ1) is 28.0. The Morgan fingerprint density at radius 3 is 2.85 bits per heavy atom. The number of carboxylic acids is 1. The Morgan fingerprint density at radius 1 is 1.37 bits per heavy atom. The second kappa shape index (κ2) is 11.5. The molecule has 0 aliphatic carbocycles. The lowest BCUT2D eigenvalue weighted by atomic mass is 10.0. The van der Waals surface area contributed by atoms with E-state index in [1.165, 1.54) is 18.9 Å². The van der Waals surface area contributed by atoms with Gasteiger partial charge in [-0.1, -0.05) is 12.1 Å². The van der Waals surface area contributed by atoms with E-state index < -0.39 is 29.2 Å². The molecule has 0 saturated carbocycles. The summed E-state index contributed by atoms with van der Waals surface area (Å²) in [6.07, 6.45) is 4.52. The molecule has 5 heterocycles. The normalized spacial score (nSPS) is 18.6. The van der Waals surface area contributed by atoms with Crippen LogP contribution in [0.5, 0.6) is 0 Å². The molecule has 0 spiro atoms. The van der Waals surface area contributed by atoms with Gasteiger partial charge in [0, 0.05) is 35.3 Å². The third kappa shape index (κ3) is 5.55. The van der Waals surface area contributed by atoms with Gasteiger partial charge in [0.2, 0.25) is 23.4 Å². The number of pyridine rings is 1. The van der Waals surface area contributed by atoms with E-state index >= 15 is 0 Å². The zero-order valence-corrected chi connectivity index (χ0v) is 23.4. The molecule has 3 amide bonds. The summed E-state index contributed by atoms with van der Waals surface area (Å²) in [6.45, 7) is 2.05. The maximum absolute atomic E-state index is 13.1. The second-order valence-electron chi connectivity index (χ2n) is 8.98. The van der Waals surface area contributed by atoms with Gasteiger partial charge in [0.15, 0.2) is 24.1 Å². The number of anilines is 2. The Labute approximate surface area is 240 Å². The Bertz CT molecular complexity index is 1610. The molecular weight excluding hydrogens is 576 g/mol. The predicted molar refractivity (Wildman–Crippen MR) is 145 cm³/mol. The number of rotatable bonds is 10. The number of aliphatic carboxylic acids is 1. The summed E-state index contributed by atoms with van der Waals surface area (Å²) in [5, 5.41) is 20.6. The number of hydrogen-bond donors (Lipinski definition) is 4. The average molecular weight is 601 g/mol. The van der Waals surface area contributed by atoms with Crippen LogP contribution >= 0.6 is 23.3 Å². The number of aromatic nitrogens is 5. The van der Waals surface area contributed by atoms with E-state index in [0.717, 1.165) is 16.4 Å². The molecule has 0 bridgehead atoms. The highest BCUT2D eigenvalue weighted by Gasteiger charge is 2.53. The minimum atomic E-state index is -1.50. The van der Waals surface area contributed by atoms with Crippen molar-refractivity contribution in [2.45, 2.75) is 37.7 Å². The molecule has 1 saturated heterocycles. The van der Waals surface area contributed by atoms with Crippen molar-refractivity contribution in [3.8, 4) is 0 Å². The SMILES string of the molecule is CCCC(=O)Nc1nc2cc[n+](CC3=C(C(=O)[O-])N4C(=O)C(NC(=O)C(=NOC)c5nsc(N)n5)[C@@H]4SC3)cc2[nH]1. The number of amides is 3. The summed E-state index contributed by atoms with van der Waals surface area (Å²) < 4.78 is 5.68. The molecule has 16 nitrogen and oxygen atoms in total. The third-order valence-corrected chi connectivity index (χ3v) is 8.05. The fourth-order valence-electron chi connectivity index (χ4n) is 4.41. The third-order valence-electron chi connectivity index (χ3n) is 6.17. The Morgan fingerprint density at radius 2 is 2.17 bits per heavy atom. The summed E-state index contributed by atoms with van der Waals surface area (Å²) >= 11 is 2.16. The van der Waals surface area contributed by atoms with E-state index in [4.69, 9.17) is 10.6 Å². The Balaban J connectivity index is 1.32. The molecule has 1 fully saturated rings. The summed E-state index contributed by atoms with van der Waals surface area (Å²) in [6, 6.07) is 0.709. The van der Waals surface area contributed by atoms with Gasteiger partial charge in [-0.2, -0.15) is 13.9 Å². The predicted octanol–water partition coefficient (Wildman–Crippen LogP) is -1.52. The number of hydrogen-bond acceptors (Lipinski definition) is 13. The summed E-state index contributed by atoms with van der Waals surface area (Å²) in [4.78, 5) is 67.2. The Hall–Kier alpha value is -4.58. The summed E-state index contributed by atoms with van der Waals surface area (Å²) in [5.41, 5.74) is 6.77. The van der Waals surface area contributed by atoms with Crippen molar-refractivity contribution in [2.75, 3.05) is 23.9 Å². The molecule has 1 unspecified atom stereocenters. The van der Waals surface area contributed by atoms with E-state index in [1.54, 1.807) is 23.0 Å². The van der Waals surface area contributed by atoms with Crippen LogP contribution in [0, 0.1) is 0 Å². The minimum absolute atomic E-state index is 0.0638. The lowest BCUT2D eigenvalue weighted by Crippen LogP contribution is -2.71. The van der Waals surface area contributed by atoms with Gasteiger partial charge in [-0.05, 0) is 6.42 Å². The van der Waals surface area contributed by atoms with Crippen LogP contribution in [0.15, 0.2) is 34.9 Å². The van der Waals surface area contributed by atoms with E-state index in [1.807, 2.05) is 6.92 Å². The molecule has 3 aromatic heterocycles. The molecule has 18 heteroatoms. The van der Waals surface area contributed by atoms with Gasteiger partial charge in [0.1, 0.15) is 29.6 Å². The number of oxime groups is 1. The largest absolute Gasteiger partial charge is 0.543 e. The molecule has 2 atom stereocenters. The molecule has 41 heavy (non-hydrogen) atoms. The standard InChI is InChI=1S/C23H24N10O6S2/c1-3-4-13(34)27-23-25-11-5-6-32(8-12(11)26-23)7-10-9-40-20-15(19(36)33(20)16(10)21(37)38)28-18(35)14(30-39-2)17-29-22(24)41-31-17/h5-6,8,15,20H,3-4,7,9H2,1-2H3,(H5,24,26,27,28,29,31,34,35,37,38)/t15?,20-/m0/s1. The first-order chi connectivity index (χ1) is 19.7. The van der Waals surface area contributed by atoms with Crippen LogP contribution in [0.4, 0.5) is 11.1 Å². The molecule has 0 radical (unpaired) electrons. The number of aromatic amines is 1. The molecule has 3 aromatic rings. The van der Waals surface area contributed by atoms with Crippen molar-refractivity contribution in [3.05, 3.63) is 35.6 Å². The van der Waals surface area contributed by atoms with Crippen LogP contribution in [0.1, 0.15) is 25.6 Å². The van der Waals surface area contributed by atoms with Crippen molar-refractivity contribution < 1.29 is 33.7 Å². The van der Waals surface area contributed by atoms with Crippen LogP contribution in [-0.2, 0) is 30.6 Å². The zero-order valence-electron chi connectivity index (χ0n) is 21.7. The van der Waals surface area contributed by atoms with Crippen LogP contribution in [0.2, 0.25) is 0 Å². The van der Waals surface area contributed by atoms with Gasteiger partial charge >= 0.3 is 0 Å². The molecule has 0 aromatic carbocycles. The number of carboxylic acid groups (broad SMARTS) is 1. The summed E-state index contributed by atoms with van der Waals surface area (Å²) in [5.74, 6) is -2.54. The van der Waals surface area contributed by atoms with Crippen molar-refractivity contribution in [1.29, 1.82) is 0 Å². The van der Waals surface area contributed by atoms with Gasteiger partial charge < -0.3 is 30.8 Å². The van der Waals surface area contributed by atoms with Gasteiger partial charge in [-0.25, -0.2) is 4.98 Å². The van der Waals surface area contributed by atoms with Crippen LogP contribution in [0.3, 0.4) is 0 Å². The van der Waals surface area contributed by atoms with Gasteiger partial charge in [0.25, 0.3) is 11.8 Å². The highest BCUT2D eigenvalue weighted by Crippen LogP contribution is 2.40. The fourth-order valence-corrected chi connectivity index (χ4v) is 6.18. The number of nitrogens with one attached hydrogen (secondary N) is 3. The smallest absolute Gasteiger partial charge is 0.278 e.